The number of alkyl halides is 3. The molecule has 0 fully saturated rings. The van der Waals surface area contributed by atoms with Crippen LogP contribution in [0.25, 0.3) is 22.2 Å². The number of nitrogens with zero attached hydrogens (tertiary/aromatic N) is 1. The molecule has 26 heavy (non-hydrogen) atoms. The topological polar surface area (TPSA) is 63.9 Å². The number of aromatic amines is 1. The Morgan fingerprint density at radius 3 is 2.69 bits per heavy atom. The number of fused-ring (bicyclic) bond motifs is 1. The van der Waals surface area contributed by atoms with Crippen molar-refractivity contribution < 1.29 is 17.9 Å². The molecule has 0 atom stereocenters. The molecule has 0 saturated carbocycles. The first-order valence-corrected chi connectivity index (χ1v) is 8.37. The van der Waals surface area contributed by atoms with Gasteiger partial charge < -0.3 is 15.5 Å². The first-order chi connectivity index (χ1) is 12.5. The van der Waals surface area contributed by atoms with Gasteiger partial charge >= 0.3 is 6.18 Å². The van der Waals surface area contributed by atoms with Gasteiger partial charge in [0.25, 0.3) is 0 Å². The van der Waals surface area contributed by atoms with Gasteiger partial charge in [-0.2, -0.15) is 13.2 Å². The van der Waals surface area contributed by atoms with Crippen molar-refractivity contribution in [3.8, 4) is 17.1 Å². The average molecular weight is 363 g/mol. The third-order valence-electron chi connectivity index (χ3n) is 4.35. The van der Waals surface area contributed by atoms with E-state index < -0.39 is 11.7 Å². The summed E-state index contributed by atoms with van der Waals surface area (Å²) in [6, 6.07) is 7.38. The number of aryl methyl sites for hydroxylation is 1. The number of methoxy groups -OCH3 is 1. The molecule has 3 rings (SSSR count). The number of pyridine rings is 1. The van der Waals surface area contributed by atoms with E-state index in [4.69, 9.17) is 10.5 Å². The van der Waals surface area contributed by atoms with Crippen molar-refractivity contribution in [2.45, 2.75) is 25.4 Å². The standard InChI is InChI=1S/C19H20F3N3O/c1-26-18-14(6-4-10-24-18)17-13(5-2-3-9-23)15-11-12(19(20,21)22)7-8-16(15)25-17/h4,6-8,10-11,25H,2-3,5,9,23H2,1H3. The van der Waals surface area contributed by atoms with Crippen LogP contribution in [0.15, 0.2) is 36.5 Å². The summed E-state index contributed by atoms with van der Waals surface area (Å²) in [5, 5.41) is 0.567. The fourth-order valence-electron chi connectivity index (χ4n) is 3.10. The normalized spacial score (nSPS) is 11.9. The highest BCUT2D eigenvalue weighted by Crippen LogP contribution is 2.38. The molecule has 2 heterocycles. The minimum atomic E-state index is -4.38. The number of H-pyrrole nitrogens is 1. The number of unbranched alkanes of at least 4 members (excludes halogenated alkanes) is 1. The van der Waals surface area contributed by atoms with Gasteiger partial charge in [-0.05, 0) is 61.7 Å². The van der Waals surface area contributed by atoms with E-state index in [2.05, 4.69) is 9.97 Å². The number of hydrogen-bond acceptors (Lipinski definition) is 3. The Morgan fingerprint density at radius 1 is 1.19 bits per heavy atom. The number of benzene rings is 1. The van der Waals surface area contributed by atoms with E-state index in [0.717, 1.165) is 35.7 Å². The Kier molecular flexibility index (Phi) is 5.18. The van der Waals surface area contributed by atoms with Crippen molar-refractivity contribution in [1.82, 2.24) is 9.97 Å². The van der Waals surface area contributed by atoms with Crippen molar-refractivity contribution in [3.05, 3.63) is 47.7 Å². The lowest BCUT2D eigenvalue weighted by atomic mass is 9.99. The van der Waals surface area contributed by atoms with Crippen LogP contribution in [0, 0.1) is 0 Å². The molecule has 0 unspecified atom stereocenters. The third-order valence-corrected chi connectivity index (χ3v) is 4.35. The lowest BCUT2D eigenvalue weighted by Crippen LogP contribution is -2.04. The maximum atomic E-state index is 13.1. The first-order valence-electron chi connectivity index (χ1n) is 8.37. The summed E-state index contributed by atoms with van der Waals surface area (Å²) in [7, 11) is 1.52. The first kappa shape index (κ1) is 18.3. The number of ether oxygens (including phenoxy) is 1. The zero-order valence-electron chi connectivity index (χ0n) is 14.4. The lowest BCUT2D eigenvalue weighted by Gasteiger charge is -2.09. The summed E-state index contributed by atoms with van der Waals surface area (Å²) in [6.07, 6.45) is -0.566. The Balaban J connectivity index is 2.19. The predicted octanol–water partition coefficient (Wildman–Crippen LogP) is 4.54. The number of aromatic nitrogens is 2. The fourth-order valence-corrected chi connectivity index (χ4v) is 3.10. The van der Waals surface area contributed by atoms with Gasteiger partial charge in [0.2, 0.25) is 5.88 Å². The van der Waals surface area contributed by atoms with Gasteiger partial charge in [-0.15, -0.1) is 0 Å². The number of hydrogen-bond donors (Lipinski definition) is 2. The molecule has 1 aromatic carbocycles. The number of halogens is 3. The van der Waals surface area contributed by atoms with Crippen LogP contribution in [0.1, 0.15) is 24.0 Å². The average Bonchev–Trinajstić information content (AvgIpc) is 2.99. The summed E-state index contributed by atoms with van der Waals surface area (Å²) in [4.78, 5) is 7.44. The van der Waals surface area contributed by atoms with Crippen LogP contribution in [0.5, 0.6) is 5.88 Å². The Morgan fingerprint density at radius 2 is 2.00 bits per heavy atom. The smallest absolute Gasteiger partial charge is 0.416 e. The minimum absolute atomic E-state index is 0.426. The SMILES string of the molecule is COc1ncccc1-c1[nH]c2ccc(C(F)(F)F)cc2c1CCCCN. The van der Waals surface area contributed by atoms with E-state index in [1.807, 2.05) is 6.07 Å². The van der Waals surface area contributed by atoms with E-state index in [1.165, 1.54) is 19.2 Å². The molecule has 0 amide bonds. The van der Waals surface area contributed by atoms with Gasteiger partial charge in [0, 0.05) is 17.1 Å². The molecule has 7 heteroatoms. The van der Waals surface area contributed by atoms with Crippen LogP contribution >= 0.6 is 0 Å². The third kappa shape index (κ3) is 3.53. The molecule has 0 spiro atoms. The summed E-state index contributed by atoms with van der Waals surface area (Å²) in [5.74, 6) is 0.426. The second kappa shape index (κ2) is 7.37. The Hall–Kier alpha value is -2.54. The van der Waals surface area contributed by atoms with Crippen molar-refractivity contribution in [2.24, 2.45) is 5.73 Å². The van der Waals surface area contributed by atoms with Gasteiger partial charge in [-0.1, -0.05) is 0 Å². The zero-order valence-corrected chi connectivity index (χ0v) is 14.4. The van der Waals surface area contributed by atoms with Crippen molar-refractivity contribution in [3.63, 3.8) is 0 Å². The van der Waals surface area contributed by atoms with Crippen LogP contribution in [-0.4, -0.2) is 23.6 Å². The molecule has 0 saturated heterocycles. The van der Waals surface area contributed by atoms with Crippen LogP contribution in [0.4, 0.5) is 13.2 Å². The second-order valence-electron chi connectivity index (χ2n) is 6.04. The molecule has 2 aromatic heterocycles. The van der Waals surface area contributed by atoms with E-state index >= 15 is 0 Å². The van der Waals surface area contributed by atoms with Crippen molar-refractivity contribution >= 4 is 10.9 Å². The molecule has 138 valence electrons. The number of nitrogens with one attached hydrogen (secondary N) is 1. The molecule has 0 radical (unpaired) electrons. The van der Waals surface area contributed by atoms with Crippen molar-refractivity contribution in [2.75, 3.05) is 13.7 Å². The van der Waals surface area contributed by atoms with Gasteiger partial charge in [0.05, 0.1) is 23.9 Å². The molecule has 3 aromatic rings. The molecular weight excluding hydrogens is 343 g/mol. The number of rotatable bonds is 6. The monoisotopic (exact) mass is 363 g/mol. The number of nitrogens with two attached hydrogens (primary N) is 1. The summed E-state index contributed by atoms with van der Waals surface area (Å²) >= 11 is 0. The summed E-state index contributed by atoms with van der Waals surface area (Å²) < 4.78 is 44.8. The van der Waals surface area contributed by atoms with Gasteiger partial charge in [-0.3, -0.25) is 0 Å². The van der Waals surface area contributed by atoms with Crippen LogP contribution in [-0.2, 0) is 12.6 Å². The fraction of sp³-hybridized carbons (Fsp3) is 0.316. The molecule has 0 aliphatic rings. The quantitative estimate of drug-likeness (QED) is 0.632. The highest BCUT2D eigenvalue weighted by Gasteiger charge is 2.31. The van der Waals surface area contributed by atoms with E-state index in [1.54, 1.807) is 12.3 Å². The Bertz CT molecular complexity index is 903. The largest absolute Gasteiger partial charge is 0.481 e. The van der Waals surface area contributed by atoms with Crippen LogP contribution in [0.2, 0.25) is 0 Å². The lowest BCUT2D eigenvalue weighted by molar-refractivity contribution is -0.137. The summed E-state index contributed by atoms with van der Waals surface area (Å²) in [5.41, 5.74) is 7.85. The highest BCUT2D eigenvalue weighted by atomic mass is 19.4. The maximum Gasteiger partial charge on any atom is 0.416 e. The van der Waals surface area contributed by atoms with E-state index in [9.17, 15) is 13.2 Å². The molecule has 0 aliphatic heterocycles. The van der Waals surface area contributed by atoms with Gasteiger partial charge in [0.15, 0.2) is 0 Å². The Labute approximate surface area is 149 Å². The molecule has 4 nitrogen and oxygen atoms in total. The van der Waals surface area contributed by atoms with Crippen LogP contribution in [0.3, 0.4) is 0 Å². The zero-order chi connectivity index (χ0) is 18.7. The predicted molar refractivity (Wildman–Crippen MR) is 95.1 cm³/mol. The minimum Gasteiger partial charge on any atom is -0.481 e. The molecule has 0 bridgehead atoms. The summed E-state index contributed by atoms with van der Waals surface area (Å²) in [6.45, 7) is 0.543. The molecule has 0 aliphatic carbocycles. The molecular formula is C19H20F3N3O. The van der Waals surface area contributed by atoms with Crippen LogP contribution < -0.4 is 10.5 Å². The molecule has 3 N–H and O–H groups in total. The van der Waals surface area contributed by atoms with Gasteiger partial charge in [0.1, 0.15) is 0 Å². The van der Waals surface area contributed by atoms with Gasteiger partial charge in [-0.25, -0.2) is 4.98 Å². The maximum absolute atomic E-state index is 13.1. The second-order valence-corrected chi connectivity index (χ2v) is 6.04. The van der Waals surface area contributed by atoms with Crippen molar-refractivity contribution in [1.29, 1.82) is 0 Å². The van der Waals surface area contributed by atoms with E-state index in [0.29, 0.717) is 29.7 Å². The van der Waals surface area contributed by atoms with E-state index in [-0.39, 0.29) is 0 Å². The highest BCUT2D eigenvalue weighted by molar-refractivity contribution is 5.92.